The number of methoxy groups -OCH3 is 1. The predicted octanol–water partition coefficient (Wildman–Crippen LogP) is 4.57. The largest absolute Gasteiger partial charge is 0.497 e. The molecular weight excluding hydrogens is 338 g/mol. The van der Waals surface area contributed by atoms with Gasteiger partial charge < -0.3 is 9.64 Å². The number of hydrogen-bond donors (Lipinski definition) is 0. The van der Waals surface area contributed by atoms with Gasteiger partial charge in [-0.25, -0.2) is 4.98 Å². The molecule has 3 aromatic rings. The highest BCUT2D eigenvalue weighted by molar-refractivity contribution is 5.98. The Morgan fingerprint density at radius 3 is 2.33 bits per heavy atom. The molecule has 0 saturated carbocycles. The normalized spacial score (nSPS) is 10.8. The van der Waals surface area contributed by atoms with Crippen LogP contribution in [-0.2, 0) is 0 Å². The number of rotatable bonds is 7. The van der Waals surface area contributed by atoms with E-state index in [0.29, 0.717) is 5.69 Å². The molecule has 0 aliphatic rings. The van der Waals surface area contributed by atoms with Crippen LogP contribution in [0.15, 0.2) is 48.8 Å². The number of pyridine rings is 2. The number of carbonyl (C=O) groups excluding carboxylic acids is 1. The van der Waals surface area contributed by atoms with Crippen LogP contribution in [0.1, 0.15) is 37.2 Å². The summed E-state index contributed by atoms with van der Waals surface area (Å²) in [6.45, 7) is 5.65. The van der Waals surface area contributed by atoms with E-state index in [0.717, 1.165) is 53.7 Å². The molecule has 27 heavy (non-hydrogen) atoms. The molecule has 0 spiro atoms. The lowest BCUT2D eigenvalue weighted by atomic mass is 10.0. The first-order valence-electron chi connectivity index (χ1n) is 9.36. The Balaban J connectivity index is 2.04. The van der Waals surface area contributed by atoms with Crippen LogP contribution >= 0.6 is 0 Å². The van der Waals surface area contributed by atoms with Gasteiger partial charge in [-0.15, -0.1) is 0 Å². The molecule has 0 aliphatic heterocycles. The summed E-state index contributed by atoms with van der Waals surface area (Å²) < 4.78 is 5.23. The average Bonchev–Trinajstić information content (AvgIpc) is 2.72. The summed E-state index contributed by atoms with van der Waals surface area (Å²) >= 11 is 0. The first-order valence-corrected chi connectivity index (χ1v) is 9.36. The highest BCUT2D eigenvalue weighted by Crippen LogP contribution is 2.28. The zero-order valence-electron chi connectivity index (χ0n) is 16.1. The van der Waals surface area contributed by atoms with Gasteiger partial charge in [0.25, 0.3) is 5.91 Å². The summed E-state index contributed by atoms with van der Waals surface area (Å²) in [5, 5.41) is 0.914. The van der Waals surface area contributed by atoms with Gasteiger partial charge in [-0.3, -0.25) is 9.78 Å². The summed E-state index contributed by atoms with van der Waals surface area (Å²) in [5.74, 6) is 0.781. The number of benzene rings is 1. The zero-order valence-corrected chi connectivity index (χ0v) is 16.1. The van der Waals surface area contributed by atoms with Gasteiger partial charge in [0.15, 0.2) is 0 Å². The van der Waals surface area contributed by atoms with Gasteiger partial charge in [-0.2, -0.15) is 0 Å². The van der Waals surface area contributed by atoms with Crippen molar-refractivity contribution in [3.05, 3.63) is 54.5 Å². The third-order valence-electron chi connectivity index (χ3n) is 4.49. The Hall–Kier alpha value is -2.95. The van der Waals surface area contributed by atoms with E-state index in [2.05, 4.69) is 18.8 Å². The van der Waals surface area contributed by atoms with Crippen molar-refractivity contribution in [3.63, 3.8) is 0 Å². The van der Waals surface area contributed by atoms with Crippen LogP contribution in [0.2, 0.25) is 0 Å². The number of aromatic nitrogens is 2. The van der Waals surface area contributed by atoms with Crippen LogP contribution in [0.25, 0.3) is 22.0 Å². The third-order valence-corrected chi connectivity index (χ3v) is 4.49. The van der Waals surface area contributed by atoms with Gasteiger partial charge in [0.05, 0.1) is 12.6 Å². The fourth-order valence-corrected chi connectivity index (χ4v) is 3.16. The molecule has 0 N–H and O–H groups in total. The van der Waals surface area contributed by atoms with Gasteiger partial charge in [0, 0.05) is 36.4 Å². The maximum atomic E-state index is 12.9. The van der Waals surface area contributed by atoms with Crippen molar-refractivity contribution in [1.82, 2.24) is 14.9 Å². The van der Waals surface area contributed by atoms with Crippen molar-refractivity contribution in [2.45, 2.75) is 26.7 Å². The molecule has 5 nitrogen and oxygen atoms in total. The smallest absolute Gasteiger partial charge is 0.272 e. The van der Waals surface area contributed by atoms with E-state index in [1.807, 2.05) is 35.2 Å². The molecule has 2 heterocycles. The summed E-state index contributed by atoms with van der Waals surface area (Å²) in [7, 11) is 1.65. The molecular formula is C22H25N3O2. The third kappa shape index (κ3) is 4.08. The van der Waals surface area contributed by atoms with Crippen LogP contribution in [0, 0.1) is 0 Å². The lowest BCUT2D eigenvalue weighted by Crippen LogP contribution is -2.33. The van der Waals surface area contributed by atoms with Gasteiger partial charge in [-0.1, -0.05) is 26.0 Å². The second kappa shape index (κ2) is 8.62. The monoisotopic (exact) mass is 363 g/mol. The maximum Gasteiger partial charge on any atom is 0.272 e. The lowest BCUT2D eigenvalue weighted by Gasteiger charge is -2.21. The van der Waals surface area contributed by atoms with Crippen LogP contribution in [-0.4, -0.2) is 41.0 Å². The Morgan fingerprint density at radius 2 is 1.70 bits per heavy atom. The van der Waals surface area contributed by atoms with Crippen LogP contribution in [0.5, 0.6) is 5.75 Å². The predicted molar refractivity (Wildman–Crippen MR) is 108 cm³/mol. The highest BCUT2D eigenvalue weighted by atomic mass is 16.5. The van der Waals surface area contributed by atoms with E-state index in [-0.39, 0.29) is 5.91 Å². The molecule has 0 aliphatic carbocycles. The fourth-order valence-electron chi connectivity index (χ4n) is 3.16. The Morgan fingerprint density at radius 1 is 1.00 bits per heavy atom. The van der Waals surface area contributed by atoms with Crippen molar-refractivity contribution in [1.29, 1.82) is 0 Å². The fraction of sp³-hybridized carbons (Fsp3) is 0.318. The highest BCUT2D eigenvalue weighted by Gasteiger charge is 2.17. The molecule has 1 aromatic carbocycles. The Bertz CT molecular complexity index is 916. The first-order chi connectivity index (χ1) is 13.2. The molecule has 0 fully saturated rings. The van der Waals surface area contributed by atoms with E-state index >= 15 is 0 Å². The number of nitrogens with zero attached hydrogens (tertiary/aromatic N) is 3. The number of ether oxygens (including phenoxy) is 1. The van der Waals surface area contributed by atoms with Gasteiger partial charge >= 0.3 is 0 Å². The van der Waals surface area contributed by atoms with Gasteiger partial charge in [0.1, 0.15) is 11.4 Å². The quantitative estimate of drug-likeness (QED) is 0.617. The minimum Gasteiger partial charge on any atom is -0.497 e. The molecule has 0 unspecified atom stereocenters. The molecule has 0 atom stereocenters. The Labute approximate surface area is 160 Å². The first kappa shape index (κ1) is 18.8. The van der Waals surface area contributed by atoms with Gasteiger partial charge in [0.2, 0.25) is 0 Å². The number of fused-ring (bicyclic) bond motifs is 1. The standard InChI is InChI=1S/C22H25N3O2/c1-4-12-25(13-5-2)22(26)20-11-8-17-14-23-15-19(21(17)24-20)16-6-9-18(27-3)10-7-16/h6-11,14-15H,4-5,12-13H2,1-3H3. The van der Waals surface area contributed by atoms with E-state index < -0.39 is 0 Å². The number of carbonyl (C=O) groups is 1. The molecule has 5 heteroatoms. The van der Waals surface area contributed by atoms with Crippen molar-refractivity contribution in [3.8, 4) is 16.9 Å². The topological polar surface area (TPSA) is 55.3 Å². The summed E-state index contributed by atoms with van der Waals surface area (Å²) in [5.41, 5.74) is 3.16. The molecule has 0 bridgehead atoms. The number of amides is 1. The van der Waals surface area contributed by atoms with Crippen LogP contribution in [0.4, 0.5) is 0 Å². The molecule has 0 saturated heterocycles. The molecule has 2 aromatic heterocycles. The van der Waals surface area contributed by atoms with Crippen LogP contribution < -0.4 is 4.74 Å². The van der Waals surface area contributed by atoms with Crippen molar-refractivity contribution in [2.75, 3.05) is 20.2 Å². The van der Waals surface area contributed by atoms with Gasteiger partial charge in [-0.05, 0) is 42.7 Å². The minimum atomic E-state index is -0.0157. The van der Waals surface area contributed by atoms with E-state index in [4.69, 9.17) is 9.72 Å². The molecule has 3 rings (SSSR count). The lowest BCUT2D eigenvalue weighted by molar-refractivity contribution is 0.0750. The summed E-state index contributed by atoms with van der Waals surface area (Å²) in [6, 6.07) is 11.5. The van der Waals surface area contributed by atoms with Crippen molar-refractivity contribution >= 4 is 16.8 Å². The maximum absolute atomic E-state index is 12.9. The number of hydrogen-bond acceptors (Lipinski definition) is 4. The SMILES string of the molecule is CCCN(CCC)C(=O)c1ccc2cncc(-c3ccc(OC)cc3)c2n1. The van der Waals surface area contributed by atoms with Crippen molar-refractivity contribution < 1.29 is 9.53 Å². The van der Waals surface area contributed by atoms with E-state index in [1.54, 1.807) is 25.6 Å². The second-order valence-corrected chi connectivity index (χ2v) is 6.48. The molecule has 140 valence electrons. The van der Waals surface area contributed by atoms with Crippen LogP contribution in [0.3, 0.4) is 0 Å². The molecule has 0 radical (unpaired) electrons. The van der Waals surface area contributed by atoms with E-state index in [9.17, 15) is 4.79 Å². The van der Waals surface area contributed by atoms with E-state index in [1.165, 1.54) is 0 Å². The average molecular weight is 363 g/mol. The Kier molecular flexibility index (Phi) is 6.01. The zero-order chi connectivity index (χ0) is 19.2. The second-order valence-electron chi connectivity index (χ2n) is 6.48. The summed E-state index contributed by atoms with van der Waals surface area (Å²) in [4.78, 5) is 23.9. The molecule has 1 amide bonds. The summed E-state index contributed by atoms with van der Waals surface area (Å²) in [6.07, 6.45) is 5.43. The minimum absolute atomic E-state index is 0.0157. The van der Waals surface area contributed by atoms with Crippen molar-refractivity contribution in [2.24, 2.45) is 0 Å².